The molecule has 0 aliphatic rings. The SMILES string of the molecule is CCNCc1cc(=O)[nH]c(CCc2ccccc2)n1. The number of hydrogen-bond acceptors (Lipinski definition) is 3. The Morgan fingerprint density at radius 2 is 2.00 bits per heavy atom. The van der Waals surface area contributed by atoms with Crippen LogP contribution in [0.5, 0.6) is 0 Å². The Kier molecular flexibility index (Phi) is 4.86. The molecule has 2 aromatic rings. The van der Waals surface area contributed by atoms with E-state index in [1.54, 1.807) is 6.07 Å². The van der Waals surface area contributed by atoms with Gasteiger partial charge in [-0.2, -0.15) is 0 Å². The van der Waals surface area contributed by atoms with E-state index >= 15 is 0 Å². The molecule has 0 aliphatic carbocycles. The second-order valence-electron chi connectivity index (χ2n) is 4.45. The van der Waals surface area contributed by atoms with E-state index in [-0.39, 0.29) is 5.56 Å². The maximum absolute atomic E-state index is 11.6. The van der Waals surface area contributed by atoms with E-state index in [9.17, 15) is 4.79 Å². The molecular formula is C15H19N3O. The third kappa shape index (κ3) is 4.34. The van der Waals surface area contributed by atoms with Crippen LogP contribution in [0.25, 0.3) is 0 Å². The summed E-state index contributed by atoms with van der Waals surface area (Å²) in [5.41, 5.74) is 1.97. The smallest absolute Gasteiger partial charge is 0.251 e. The van der Waals surface area contributed by atoms with E-state index in [1.807, 2.05) is 25.1 Å². The van der Waals surface area contributed by atoms with Gasteiger partial charge < -0.3 is 10.3 Å². The first kappa shape index (κ1) is 13.5. The van der Waals surface area contributed by atoms with Gasteiger partial charge in [-0.1, -0.05) is 37.3 Å². The second-order valence-corrected chi connectivity index (χ2v) is 4.45. The van der Waals surface area contributed by atoms with Crippen molar-refractivity contribution in [2.24, 2.45) is 0 Å². The lowest BCUT2D eigenvalue weighted by atomic mass is 10.1. The molecule has 0 atom stereocenters. The Hall–Kier alpha value is -1.94. The fourth-order valence-corrected chi connectivity index (χ4v) is 1.93. The third-order valence-corrected chi connectivity index (χ3v) is 2.89. The van der Waals surface area contributed by atoms with E-state index in [1.165, 1.54) is 5.56 Å². The number of benzene rings is 1. The summed E-state index contributed by atoms with van der Waals surface area (Å²) >= 11 is 0. The van der Waals surface area contributed by atoms with E-state index in [0.717, 1.165) is 30.9 Å². The van der Waals surface area contributed by atoms with E-state index in [0.29, 0.717) is 6.54 Å². The van der Waals surface area contributed by atoms with Gasteiger partial charge in [0.05, 0.1) is 5.69 Å². The van der Waals surface area contributed by atoms with Crippen LogP contribution in [0.3, 0.4) is 0 Å². The minimum Gasteiger partial charge on any atom is -0.311 e. The van der Waals surface area contributed by atoms with Crippen molar-refractivity contribution >= 4 is 0 Å². The molecule has 1 aromatic carbocycles. The number of rotatable bonds is 6. The maximum atomic E-state index is 11.6. The number of aromatic nitrogens is 2. The standard InChI is InChI=1S/C15H19N3O/c1-2-16-11-13-10-15(19)18-14(17-13)9-8-12-6-4-3-5-7-12/h3-7,10,16H,2,8-9,11H2,1H3,(H,17,18,19). The highest BCUT2D eigenvalue weighted by Gasteiger charge is 2.02. The first-order valence-electron chi connectivity index (χ1n) is 6.61. The molecule has 0 bridgehead atoms. The number of hydrogen-bond donors (Lipinski definition) is 2. The lowest BCUT2D eigenvalue weighted by Crippen LogP contribution is -2.19. The van der Waals surface area contributed by atoms with Crippen molar-refractivity contribution in [1.29, 1.82) is 0 Å². The first-order valence-corrected chi connectivity index (χ1v) is 6.61. The predicted molar refractivity (Wildman–Crippen MR) is 76.1 cm³/mol. The average Bonchev–Trinajstić information content (AvgIpc) is 2.43. The summed E-state index contributed by atoms with van der Waals surface area (Å²) in [7, 11) is 0. The summed E-state index contributed by atoms with van der Waals surface area (Å²) in [5, 5.41) is 3.18. The summed E-state index contributed by atoms with van der Waals surface area (Å²) in [6.45, 7) is 3.54. The fourth-order valence-electron chi connectivity index (χ4n) is 1.93. The van der Waals surface area contributed by atoms with Crippen molar-refractivity contribution in [2.45, 2.75) is 26.3 Å². The van der Waals surface area contributed by atoms with Crippen LogP contribution in [0.4, 0.5) is 0 Å². The quantitative estimate of drug-likeness (QED) is 0.827. The number of H-pyrrole nitrogens is 1. The second kappa shape index (κ2) is 6.85. The van der Waals surface area contributed by atoms with Crippen molar-refractivity contribution in [3.05, 3.63) is 63.8 Å². The van der Waals surface area contributed by atoms with E-state index < -0.39 is 0 Å². The van der Waals surface area contributed by atoms with Gasteiger partial charge in [-0.15, -0.1) is 0 Å². The molecule has 0 spiro atoms. The van der Waals surface area contributed by atoms with Crippen LogP contribution in [0.2, 0.25) is 0 Å². The highest BCUT2D eigenvalue weighted by Crippen LogP contribution is 2.03. The zero-order valence-corrected chi connectivity index (χ0v) is 11.1. The van der Waals surface area contributed by atoms with Crippen LogP contribution in [0, 0.1) is 0 Å². The van der Waals surface area contributed by atoms with Gasteiger partial charge in [-0.25, -0.2) is 4.98 Å². The number of aryl methyl sites for hydroxylation is 2. The molecule has 0 saturated heterocycles. The minimum absolute atomic E-state index is 0.0778. The van der Waals surface area contributed by atoms with Gasteiger partial charge in [0, 0.05) is 19.0 Å². The Morgan fingerprint density at radius 1 is 1.21 bits per heavy atom. The van der Waals surface area contributed by atoms with Gasteiger partial charge in [0.15, 0.2) is 0 Å². The molecule has 0 amide bonds. The number of nitrogens with one attached hydrogen (secondary N) is 2. The van der Waals surface area contributed by atoms with Crippen molar-refractivity contribution < 1.29 is 0 Å². The fraction of sp³-hybridized carbons (Fsp3) is 0.333. The lowest BCUT2D eigenvalue weighted by molar-refractivity contribution is 0.696. The third-order valence-electron chi connectivity index (χ3n) is 2.89. The van der Waals surface area contributed by atoms with Gasteiger partial charge in [0.2, 0.25) is 0 Å². The van der Waals surface area contributed by atoms with Gasteiger partial charge >= 0.3 is 0 Å². The van der Waals surface area contributed by atoms with Gasteiger partial charge in [0.25, 0.3) is 5.56 Å². The van der Waals surface area contributed by atoms with Gasteiger partial charge in [0.1, 0.15) is 5.82 Å². The molecule has 2 N–H and O–H groups in total. The molecule has 0 fully saturated rings. The summed E-state index contributed by atoms with van der Waals surface area (Å²) in [5.74, 6) is 0.754. The molecule has 0 saturated carbocycles. The van der Waals surface area contributed by atoms with Crippen LogP contribution >= 0.6 is 0 Å². The molecule has 0 radical (unpaired) electrons. The van der Waals surface area contributed by atoms with Gasteiger partial charge in [-0.05, 0) is 18.5 Å². The van der Waals surface area contributed by atoms with Crippen molar-refractivity contribution in [3.8, 4) is 0 Å². The largest absolute Gasteiger partial charge is 0.311 e. The van der Waals surface area contributed by atoms with Crippen LogP contribution in [0.1, 0.15) is 24.0 Å². The Morgan fingerprint density at radius 3 is 2.74 bits per heavy atom. The maximum Gasteiger partial charge on any atom is 0.251 e. The molecule has 2 rings (SSSR count). The van der Waals surface area contributed by atoms with Crippen LogP contribution in [-0.4, -0.2) is 16.5 Å². The lowest BCUT2D eigenvalue weighted by Gasteiger charge is -2.05. The zero-order chi connectivity index (χ0) is 13.5. The Bertz CT molecular complexity index is 563. The zero-order valence-electron chi connectivity index (χ0n) is 11.1. The van der Waals surface area contributed by atoms with Crippen molar-refractivity contribution in [1.82, 2.24) is 15.3 Å². The van der Waals surface area contributed by atoms with Crippen LogP contribution < -0.4 is 10.9 Å². The molecule has 1 aromatic heterocycles. The molecule has 100 valence electrons. The molecular weight excluding hydrogens is 238 g/mol. The molecule has 0 aliphatic heterocycles. The Balaban J connectivity index is 2.03. The topological polar surface area (TPSA) is 57.8 Å². The predicted octanol–water partition coefficient (Wildman–Crippen LogP) is 1.66. The Labute approximate surface area is 112 Å². The molecule has 1 heterocycles. The molecule has 0 unspecified atom stereocenters. The highest BCUT2D eigenvalue weighted by atomic mass is 16.1. The normalized spacial score (nSPS) is 10.6. The monoisotopic (exact) mass is 257 g/mol. The van der Waals surface area contributed by atoms with Gasteiger partial charge in [-0.3, -0.25) is 4.79 Å². The summed E-state index contributed by atoms with van der Waals surface area (Å²) in [6.07, 6.45) is 1.63. The summed E-state index contributed by atoms with van der Waals surface area (Å²) < 4.78 is 0. The average molecular weight is 257 g/mol. The molecule has 19 heavy (non-hydrogen) atoms. The number of nitrogens with zero attached hydrogens (tertiary/aromatic N) is 1. The first-order chi connectivity index (χ1) is 9.28. The highest BCUT2D eigenvalue weighted by molar-refractivity contribution is 5.15. The minimum atomic E-state index is -0.0778. The molecule has 4 heteroatoms. The van der Waals surface area contributed by atoms with Crippen molar-refractivity contribution in [3.63, 3.8) is 0 Å². The molecule has 4 nitrogen and oxygen atoms in total. The van der Waals surface area contributed by atoms with Crippen LogP contribution in [0.15, 0.2) is 41.2 Å². The summed E-state index contributed by atoms with van der Waals surface area (Å²) in [4.78, 5) is 18.8. The number of aromatic amines is 1. The van der Waals surface area contributed by atoms with E-state index in [2.05, 4.69) is 27.4 Å². The van der Waals surface area contributed by atoms with Crippen LogP contribution in [-0.2, 0) is 19.4 Å². The summed E-state index contributed by atoms with van der Waals surface area (Å²) in [6, 6.07) is 11.8. The van der Waals surface area contributed by atoms with E-state index in [4.69, 9.17) is 0 Å². The van der Waals surface area contributed by atoms with Crippen molar-refractivity contribution in [2.75, 3.05) is 6.54 Å².